The van der Waals surface area contributed by atoms with Gasteiger partial charge in [0.15, 0.2) is 0 Å². The number of rotatable bonds is 5. The Hall–Kier alpha value is -1.43. The highest BCUT2D eigenvalue weighted by atomic mass is 16.5. The maximum absolute atomic E-state index is 10.7. The molecule has 1 saturated heterocycles. The van der Waals surface area contributed by atoms with Crippen molar-refractivity contribution in [2.45, 2.75) is 58.7 Å². The molecule has 0 bridgehead atoms. The minimum absolute atomic E-state index is 0.0191. The number of hydrogen-bond acceptors (Lipinski definition) is 5. The molecular formula is C14H22N2O4. The van der Waals surface area contributed by atoms with Gasteiger partial charge in [-0.05, 0) is 25.7 Å². The fourth-order valence-corrected chi connectivity index (χ4v) is 2.84. The molecule has 5 atom stereocenters. The van der Waals surface area contributed by atoms with E-state index in [1.807, 2.05) is 20.8 Å². The molecule has 1 aromatic rings. The summed E-state index contributed by atoms with van der Waals surface area (Å²) in [6.07, 6.45) is 0.834. The van der Waals surface area contributed by atoms with Gasteiger partial charge in [-0.2, -0.15) is 0 Å². The van der Waals surface area contributed by atoms with Crippen LogP contribution in [0.3, 0.4) is 0 Å². The summed E-state index contributed by atoms with van der Waals surface area (Å²) in [6, 6.07) is 0. The van der Waals surface area contributed by atoms with Gasteiger partial charge in [-0.25, -0.2) is 0 Å². The Kier molecular flexibility index (Phi) is 4.42. The monoisotopic (exact) mass is 282 g/mol. The van der Waals surface area contributed by atoms with Gasteiger partial charge in [0.2, 0.25) is 11.8 Å². The zero-order valence-electron chi connectivity index (χ0n) is 12.4. The number of aromatic nitrogens is 2. The summed E-state index contributed by atoms with van der Waals surface area (Å²) in [5.41, 5.74) is 0. The minimum atomic E-state index is -0.808. The maximum Gasteiger partial charge on any atom is 0.303 e. The Morgan fingerprint density at radius 1 is 1.30 bits per heavy atom. The van der Waals surface area contributed by atoms with Crippen LogP contribution in [-0.4, -0.2) is 33.5 Å². The average molecular weight is 282 g/mol. The van der Waals surface area contributed by atoms with E-state index in [1.54, 1.807) is 0 Å². The normalized spacial score (nSPS) is 31.4. The quantitative estimate of drug-likeness (QED) is 0.891. The third kappa shape index (κ3) is 3.17. The molecule has 1 N–H and O–H groups in total. The predicted octanol–water partition coefficient (Wildman–Crippen LogP) is 2.25. The highest BCUT2D eigenvalue weighted by molar-refractivity contribution is 5.66. The Bertz CT molecular complexity index is 473. The molecule has 112 valence electrons. The van der Waals surface area contributed by atoms with Crippen LogP contribution in [-0.2, 0) is 16.0 Å². The van der Waals surface area contributed by atoms with Gasteiger partial charge in [0.1, 0.15) is 0 Å². The molecular weight excluding hydrogens is 260 g/mol. The van der Waals surface area contributed by atoms with Crippen molar-refractivity contribution in [3.63, 3.8) is 0 Å². The zero-order chi connectivity index (χ0) is 14.9. The second kappa shape index (κ2) is 5.91. The van der Waals surface area contributed by atoms with Gasteiger partial charge in [0.25, 0.3) is 0 Å². The highest BCUT2D eigenvalue weighted by Gasteiger charge is 2.41. The number of hydrogen-bond donors (Lipinski definition) is 1. The third-order valence-corrected chi connectivity index (χ3v) is 4.06. The first-order valence-corrected chi connectivity index (χ1v) is 7.08. The lowest BCUT2D eigenvalue weighted by Gasteiger charge is -2.13. The maximum atomic E-state index is 10.7. The van der Waals surface area contributed by atoms with Crippen LogP contribution in [0.25, 0.3) is 0 Å². The van der Waals surface area contributed by atoms with Crippen molar-refractivity contribution in [3.05, 3.63) is 11.8 Å². The van der Waals surface area contributed by atoms with Crippen LogP contribution in [0.2, 0.25) is 0 Å². The molecule has 1 aromatic heterocycles. The number of carbonyl (C=O) groups is 1. The van der Waals surface area contributed by atoms with E-state index < -0.39 is 5.97 Å². The van der Waals surface area contributed by atoms with Gasteiger partial charge in [-0.3, -0.25) is 4.79 Å². The van der Waals surface area contributed by atoms with Gasteiger partial charge in [-0.1, -0.05) is 13.8 Å². The molecule has 2 rings (SSSR count). The number of nitrogens with zero attached hydrogens (tertiary/aromatic N) is 2. The summed E-state index contributed by atoms with van der Waals surface area (Å²) in [6.45, 7) is 8.05. The van der Waals surface area contributed by atoms with E-state index in [2.05, 4.69) is 17.1 Å². The van der Waals surface area contributed by atoms with Crippen LogP contribution < -0.4 is 0 Å². The summed E-state index contributed by atoms with van der Waals surface area (Å²) in [5, 5.41) is 16.9. The second-order valence-electron chi connectivity index (χ2n) is 5.87. The molecule has 0 saturated carbocycles. The predicted molar refractivity (Wildman–Crippen MR) is 71.3 cm³/mol. The molecule has 6 heteroatoms. The van der Waals surface area contributed by atoms with Crippen LogP contribution >= 0.6 is 0 Å². The van der Waals surface area contributed by atoms with Gasteiger partial charge >= 0.3 is 5.97 Å². The number of carboxylic acid groups (broad SMARTS) is 1. The molecule has 0 radical (unpaired) electrons. The van der Waals surface area contributed by atoms with Crippen LogP contribution in [0.5, 0.6) is 0 Å². The van der Waals surface area contributed by atoms with Crippen molar-refractivity contribution >= 4 is 5.97 Å². The molecule has 1 fully saturated rings. The van der Waals surface area contributed by atoms with Crippen LogP contribution in [0, 0.1) is 11.8 Å². The fourth-order valence-electron chi connectivity index (χ4n) is 2.84. The summed E-state index contributed by atoms with van der Waals surface area (Å²) >= 11 is 0. The molecule has 20 heavy (non-hydrogen) atoms. The van der Waals surface area contributed by atoms with Crippen molar-refractivity contribution in [3.8, 4) is 0 Å². The second-order valence-corrected chi connectivity index (χ2v) is 5.87. The number of carboxylic acids is 1. The minimum Gasteiger partial charge on any atom is -0.481 e. The lowest BCUT2D eigenvalue weighted by molar-refractivity contribution is -0.137. The first-order valence-electron chi connectivity index (χ1n) is 7.08. The highest BCUT2D eigenvalue weighted by Crippen LogP contribution is 2.39. The summed E-state index contributed by atoms with van der Waals surface area (Å²) in [5.74, 6) is 0.724. The summed E-state index contributed by atoms with van der Waals surface area (Å²) in [7, 11) is 0. The molecule has 1 aliphatic heterocycles. The molecule has 5 unspecified atom stereocenters. The van der Waals surface area contributed by atoms with E-state index in [-0.39, 0.29) is 30.5 Å². The summed E-state index contributed by atoms with van der Waals surface area (Å²) < 4.78 is 11.5. The lowest BCUT2D eigenvalue weighted by atomic mass is 9.89. The average Bonchev–Trinajstić information content (AvgIpc) is 2.84. The third-order valence-electron chi connectivity index (χ3n) is 4.06. The molecule has 0 spiro atoms. The van der Waals surface area contributed by atoms with Crippen molar-refractivity contribution in [2.75, 3.05) is 0 Å². The fraction of sp³-hybridized carbons (Fsp3) is 0.786. The Labute approximate surface area is 118 Å². The molecule has 0 amide bonds. The smallest absolute Gasteiger partial charge is 0.303 e. The number of ether oxygens (including phenoxy) is 1. The molecule has 0 aliphatic carbocycles. The lowest BCUT2D eigenvalue weighted by Crippen LogP contribution is -2.15. The largest absolute Gasteiger partial charge is 0.481 e. The van der Waals surface area contributed by atoms with Crippen molar-refractivity contribution < 1.29 is 19.1 Å². The standard InChI is InChI=1S/C14H22N2O4/c1-7(6-12(17)18)5-11-15-16-14(20-11)13-8(2)9(3)19-10(13)4/h7-10,13H,5-6H2,1-4H3,(H,17,18). The van der Waals surface area contributed by atoms with Gasteiger partial charge in [0.05, 0.1) is 18.1 Å². The SMILES string of the molecule is CC(CC(=O)O)Cc1nnc(C2C(C)OC(C)C2C)o1. The first-order chi connectivity index (χ1) is 9.38. The van der Waals surface area contributed by atoms with Gasteiger partial charge in [-0.15, -0.1) is 10.2 Å². The zero-order valence-corrected chi connectivity index (χ0v) is 12.4. The summed E-state index contributed by atoms with van der Waals surface area (Å²) in [4.78, 5) is 10.7. The Morgan fingerprint density at radius 2 is 2.00 bits per heavy atom. The van der Waals surface area contributed by atoms with Crippen molar-refractivity contribution in [1.82, 2.24) is 10.2 Å². The Morgan fingerprint density at radius 3 is 2.55 bits per heavy atom. The van der Waals surface area contributed by atoms with Crippen LogP contribution in [0.4, 0.5) is 0 Å². The van der Waals surface area contributed by atoms with Gasteiger partial charge in [0, 0.05) is 12.8 Å². The Balaban J connectivity index is 2.04. The molecule has 6 nitrogen and oxygen atoms in total. The molecule has 2 heterocycles. The molecule has 1 aliphatic rings. The van der Waals surface area contributed by atoms with E-state index in [4.69, 9.17) is 14.3 Å². The van der Waals surface area contributed by atoms with Crippen molar-refractivity contribution in [2.24, 2.45) is 11.8 Å². The van der Waals surface area contributed by atoms with Crippen LogP contribution in [0.15, 0.2) is 4.42 Å². The topological polar surface area (TPSA) is 85.5 Å². The van der Waals surface area contributed by atoms with E-state index in [0.29, 0.717) is 24.1 Å². The molecule has 0 aromatic carbocycles. The van der Waals surface area contributed by atoms with E-state index in [9.17, 15) is 4.79 Å². The van der Waals surface area contributed by atoms with E-state index >= 15 is 0 Å². The van der Waals surface area contributed by atoms with E-state index in [1.165, 1.54) is 0 Å². The first kappa shape index (κ1) is 15.0. The van der Waals surface area contributed by atoms with Crippen molar-refractivity contribution in [1.29, 1.82) is 0 Å². The van der Waals surface area contributed by atoms with Gasteiger partial charge < -0.3 is 14.3 Å². The van der Waals surface area contributed by atoms with E-state index in [0.717, 1.165) is 0 Å². The number of aliphatic carboxylic acids is 1. The van der Waals surface area contributed by atoms with Crippen LogP contribution in [0.1, 0.15) is 51.8 Å².